The van der Waals surface area contributed by atoms with Crippen molar-refractivity contribution in [3.63, 3.8) is 0 Å². The molecule has 0 aliphatic rings. The number of nitrogens with one attached hydrogen (secondary N) is 1. The van der Waals surface area contributed by atoms with Crippen LogP contribution in [0.2, 0.25) is 0 Å². The first-order valence-electron chi connectivity index (χ1n) is 7.04. The summed E-state index contributed by atoms with van der Waals surface area (Å²) in [7, 11) is 0. The standard InChI is InChI=1S/C17H13FN2O3/c18-11-6-3-10(4-7-11)5-8-13(21)14-15(22)12-2-1-9-19-16(12)20-17(14)23/h1-4,6-7,9H,5,8H2,(H2,19,20,22,23). The number of carbonyl (C=O) groups is 1. The number of aryl methyl sites for hydroxylation is 1. The number of hydrogen-bond donors (Lipinski definition) is 2. The van der Waals surface area contributed by atoms with E-state index in [1.807, 2.05) is 0 Å². The number of aromatic nitrogens is 2. The third kappa shape index (κ3) is 2.96. The Balaban J connectivity index is 1.89. The number of H-pyrrole nitrogens is 1. The average molecular weight is 312 g/mol. The fourth-order valence-corrected chi connectivity index (χ4v) is 2.40. The van der Waals surface area contributed by atoms with Gasteiger partial charge in [-0.25, -0.2) is 9.37 Å². The lowest BCUT2D eigenvalue weighted by Crippen LogP contribution is -2.19. The average Bonchev–Trinajstić information content (AvgIpc) is 2.54. The summed E-state index contributed by atoms with van der Waals surface area (Å²) in [6.45, 7) is 0. The number of Topliss-reactive ketones (excluding diaryl/α,β-unsaturated/α-hetero) is 1. The molecule has 0 unspecified atom stereocenters. The Morgan fingerprint density at radius 1 is 1.22 bits per heavy atom. The van der Waals surface area contributed by atoms with Crippen molar-refractivity contribution in [3.8, 4) is 5.75 Å². The summed E-state index contributed by atoms with van der Waals surface area (Å²) in [5.74, 6) is -1.18. The molecular weight excluding hydrogens is 299 g/mol. The number of pyridine rings is 2. The van der Waals surface area contributed by atoms with Crippen LogP contribution < -0.4 is 5.56 Å². The molecule has 0 radical (unpaired) electrons. The van der Waals surface area contributed by atoms with E-state index in [9.17, 15) is 19.1 Å². The molecule has 3 aromatic rings. The molecule has 0 saturated heterocycles. The van der Waals surface area contributed by atoms with Crippen molar-refractivity contribution < 1.29 is 14.3 Å². The molecule has 5 nitrogen and oxygen atoms in total. The number of benzene rings is 1. The molecule has 3 rings (SSSR count). The molecule has 1 aromatic carbocycles. The fourth-order valence-electron chi connectivity index (χ4n) is 2.40. The summed E-state index contributed by atoms with van der Waals surface area (Å²) in [6.07, 6.45) is 1.87. The van der Waals surface area contributed by atoms with Crippen LogP contribution in [0.3, 0.4) is 0 Å². The van der Waals surface area contributed by atoms with Gasteiger partial charge in [-0.05, 0) is 36.2 Å². The topological polar surface area (TPSA) is 83.0 Å². The van der Waals surface area contributed by atoms with Gasteiger partial charge in [-0.1, -0.05) is 12.1 Å². The van der Waals surface area contributed by atoms with Crippen LogP contribution in [-0.2, 0) is 6.42 Å². The van der Waals surface area contributed by atoms with Crippen molar-refractivity contribution >= 4 is 16.8 Å². The van der Waals surface area contributed by atoms with Gasteiger partial charge < -0.3 is 10.1 Å². The van der Waals surface area contributed by atoms with Crippen molar-refractivity contribution in [2.24, 2.45) is 0 Å². The molecule has 0 bridgehead atoms. The van der Waals surface area contributed by atoms with Crippen LogP contribution in [0, 0.1) is 5.82 Å². The maximum absolute atomic E-state index is 12.9. The van der Waals surface area contributed by atoms with E-state index in [0.717, 1.165) is 5.56 Å². The van der Waals surface area contributed by atoms with Crippen LogP contribution in [0.1, 0.15) is 22.3 Å². The minimum Gasteiger partial charge on any atom is -0.506 e. The predicted molar refractivity (Wildman–Crippen MR) is 83.1 cm³/mol. The van der Waals surface area contributed by atoms with E-state index in [4.69, 9.17) is 0 Å². The van der Waals surface area contributed by atoms with E-state index in [0.29, 0.717) is 11.8 Å². The van der Waals surface area contributed by atoms with Crippen LogP contribution in [0.15, 0.2) is 47.4 Å². The molecule has 0 aliphatic heterocycles. The van der Waals surface area contributed by atoms with Crippen molar-refractivity contribution in [3.05, 3.63) is 69.9 Å². The number of hydrogen-bond acceptors (Lipinski definition) is 4. The number of rotatable bonds is 4. The summed E-state index contributed by atoms with van der Waals surface area (Å²) < 4.78 is 12.9. The van der Waals surface area contributed by atoms with Crippen LogP contribution in [-0.4, -0.2) is 20.9 Å². The zero-order chi connectivity index (χ0) is 16.4. The molecular formula is C17H13FN2O3. The predicted octanol–water partition coefficient (Wildman–Crippen LogP) is 2.58. The summed E-state index contributed by atoms with van der Waals surface area (Å²) in [5, 5.41) is 10.5. The number of fused-ring (bicyclic) bond motifs is 1. The lowest BCUT2D eigenvalue weighted by molar-refractivity contribution is 0.0979. The van der Waals surface area contributed by atoms with E-state index in [2.05, 4.69) is 9.97 Å². The van der Waals surface area contributed by atoms with Gasteiger partial charge in [0.25, 0.3) is 5.56 Å². The van der Waals surface area contributed by atoms with Crippen molar-refractivity contribution in [1.29, 1.82) is 0 Å². The lowest BCUT2D eigenvalue weighted by atomic mass is 10.0. The second kappa shape index (κ2) is 6.00. The highest BCUT2D eigenvalue weighted by molar-refractivity contribution is 6.02. The van der Waals surface area contributed by atoms with Gasteiger partial charge in [-0.2, -0.15) is 0 Å². The maximum atomic E-state index is 12.9. The van der Waals surface area contributed by atoms with Gasteiger partial charge in [0, 0.05) is 12.6 Å². The number of ketones is 1. The molecule has 0 fully saturated rings. The normalized spacial score (nSPS) is 10.8. The van der Waals surface area contributed by atoms with Gasteiger partial charge in [0.05, 0.1) is 5.39 Å². The zero-order valence-corrected chi connectivity index (χ0v) is 12.0. The Morgan fingerprint density at radius 2 is 1.96 bits per heavy atom. The number of aromatic amines is 1. The minimum atomic E-state index is -0.669. The quantitative estimate of drug-likeness (QED) is 0.725. The summed E-state index contributed by atoms with van der Waals surface area (Å²) in [4.78, 5) is 30.8. The van der Waals surface area contributed by atoms with Crippen molar-refractivity contribution in [1.82, 2.24) is 9.97 Å². The molecule has 2 heterocycles. The van der Waals surface area contributed by atoms with Gasteiger partial charge in [0.1, 0.15) is 22.8 Å². The van der Waals surface area contributed by atoms with E-state index in [-0.39, 0.29) is 29.2 Å². The Morgan fingerprint density at radius 3 is 2.70 bits per heavy atom. The number of halogens is 1. The number of nitrogens with zero attached hydrogens (tertiary/aromatic N) is 1. The smallest absolute Gasteiger partial charge is 0.264 e. The Kier molecular flexibility index (Phi) is 3.89. The SMILES string of the molecule is O=C(CCc1ccc(F)cc1)c1c(O)c2cccnc2[nH]c1=O. The molecule has 0 spiro atoms. The van der Waals surface area contributed by atoms with E-state index in [1.165, 1.54) is 18.3 Å². The van der Waals surface area contributed by atoms with E-state index >= 15 is 0 Å². The van der Waals surface area contributed by atoms with Gasteiger partial charge in [0.15, 0.2) is 5.78 Å². The number of carbonyl (C=O) groups excluding carboxylic acids is 1. The van der Waals surface area contributed by atoms with Crippen LogP contribution in [0.5, 0.6) is 5.75 Å². The number of aromatic hydroxyl groups is 1. The first kappa shape index (κ1) is 14.9. The molecule has 6 heteroatoms. The zero-order valence-electron chi connectivity index (χ0n) is 12.0. The highest BCUT2D eigenvalue weighted by atomic mass is 19.1. The van der Waals surface area contributed by atoms with Gasteiger partial charge in [0.2, 0.25) is 0 Å². The Hall–Kier alpha value is -3.02. The third-order valence-corrected chi connectivity index (χ3v) is 3.59. The largest absolute Gasteiger partial charge is 0.506 e. The van der Waals surface area contributed by atoms with E-state index < -0.39 is 11.3 Å². The molecule has 23 heavy (non-hydrogen) atoms. The monoisotopic (exact) mass is 312 g/mol. The van der Waals surface area contributed by atoms with Crippen LogP contribution >= 0.6 is 0 Å². The minimum absolute atomic E-state index is 0.0358. The molecule has 116 valence electrons. The maximum Gasteiger partial charge on any atom is 0.264 e. The lowest BCUT2D eigenvalue weighted by Gasteiger charge is -2.06. The fraction of sp³-hybridized carbons (Fsp3) is 0.118. The second-order valence-electron chi connectivity index (χ2n) is 5.13. The van der Waals surface area contributed by atoms with Crippen LogP contribution in [0.25, 0.3) is 11.0 Å². The first-order valence-corrected chi connectivity index (χ1v) is 7.04. The Bertz CT molecular complexity index is 933. The summed E-state index contributed by atoms with van der Waals surface area (Å²) >= 11 is 0. The highest BCUT2D eigenvalue weighted by Crippen LogP contribution is 2.24. The summed E-state index contributed by atoms with van der Waals surface area (Å²) in [5.41, 5.74) is 0.0635. The van der Waals surface area contributed by atoms with Crippen LogP contribution in [0.4, 0.5) is 4.39 Å². The van der Waals surface area contributed by atoms with Gasteiger partial charge in [-0.15, -0.1) is 0 Å². The third-order valence-electron chi connectivity index (χ3n) is 3.59. The van der Waals surface area contributed by atoms with Gasteiger partial charge >= 0.3 is 0 Å². The summed E-state index contributed by atoms with van der Waals surface area (Å²) in [6, 6.07) is 8.96. The molecule has 2 aromatic heterocycles. The van der Waals surface area contributed by atoms with Crippen molar-refractivity contribution in [2.75, 3.05) is 0 Å². The van der Waals surface area contributed by atoms with Crippen molar-refractivity contribution in [2.45, 2.75) is 12.8 Å². The Labute approximate surface area is 130 Å². The molecule has 0 saturated carbocycles. The second-order valence-corrected chi connectivity index (χ2v) is 5.13. The molecule has 0 atom stereocenters. The highest BCUT2D eigenvalue weighted by Gasteiger charge is 2.19. The van der Waals surface area contributed by atoms with Gasteiger partial charge in [-0.3, -0.25) is 9.59 Å². The van der Waals surface area contributed by atoms with E-state index in [1.54, 1.807) is 24.3 Å². The molecule has 0 aliphatic carbocycles. The molecule has 2 N–H and O–H groups in total. The first-order chi connectivity index (χ1) is 11.1. The molecule has 0 amide bonds.